The summed E-state index contributed by atoms with van der Waals surface area (Å²) in [6.45, 7) is 9.77. The fourth-order valence-corrected chi connectivity index (χ4v) is 6.90. The molecule has 0 radical (unpaired) electrons. The van der Waals surface area contributed by atoms with Crippen molar-refractivity contribution in [2.45, 2.75) is 47.7 Å². The summed E-state index contributed by atoms with van der Waals surface area (Å²) in [5.74, 6) is -0.433. The number of fused-ring (bicyclic) bond motifs is 2. The number of hydrogen-bond acceptors (Lipinski definition) is 9. The quantitative estimate of drug-likeness (QED) is 0.138. The average molecular weight is 818 g/mol. The van der Waals surface area contributed by atoms with Crippen molar-refractivity contribution in [3.63, 3.8) is 0 Å². The molecular formula is C48H41F2N7O4. The molecule has 61 heavy (non-hydrogen) atoms. The molecule has 8 aromatic rings. The van der Waals surface area contributed by atoms with Crippen molar-refractivity contribution < 1.29 is 18.3 Å². The van der Waals surface area contributed by atoms with E-state index in [0.29, 0.717) is 61.4 Å². The van der Waals surface area contributed by atoms with Crippen molar-refractivity contribution in [2.75, 3.05) is 14.2 Å². The maximum Gasteiger partial charge on any atom is 0.275 e. The fourth-order valence-electron chi connectivity index (χ4n) is 6.90. The van der Waals surface area contributed by atoms with E-state index in [1.807, 2.05) is 57.2 Å². The van der Waals surface area contributed by atoms with Crippen LogP contribution in [0.5, 0.6) is 11.5 Å². The maximum absolute atomic E-state index is 14.8. The van der Waals surface area contributed by atoms with Crippen LogP contribution in [0, 0.1) is 57.8 Å². The molecule has 13 heteroatoms. The van der Waals surface area contributed by atoms with Gasteiger partial charge in [0.05, 0.1) is 60.8 Å². The lowest BCUT2D eigenvalue weighted by Crippen LogP contribution is -2.25. The third-order valence-electron chi connectivity index (χ3n) is 10.4. The van der Waals surface area contributed by atoms with E-state index in [1.54, 1.807) is 74.5 Å². The average Bonchev–Trinajstić information content (AvgIpc) is 3.25. The number of aromatic nitrogens is 6. The summed E-state index contributed by atoms with van der Waals surface area (Å²) < 4.78 is 43.0. The van der Waals surface area contributed by atoms with Gasteiger partial charge in [-0.15, -0.1) is 0 Å². The molecule has 4 aromatic carbocycles. The van der Waals surface area contributed by atoms with Gasteiger partial charge in [0.15, 0.2) is 11.5 Å². The predicted octanol–water partition coefficient (Wildman–Crippen LogP) is 8.72. The summed E-state index contributed by atoms with van der Waals surface area (Å²) in [5, 5.41) is 19.9. The first-order chi connectivity index (χ1) is 29.3. The van der Waals surface area contributed by atoms with Gasteiger partial charge in [0.2, 0.25) is 11.9 Å². The molecule has 0 unspecified atom stereocenters. The van der Waals surface area contributed by atoms with E-state index in [4.69, 9.17) is 14.7 Å². The number of ether oxygens (including phenoxy) is 2. The highest BCUT2D eigenvalue weighted by atomic mass is 19.1. The molecule has 0 saturated heterocycles. The summed E-state index contributed by atoms with van der Waals surface area (Å²) in [6.07, 6.45) is 0. The molecule has 0 amide bonds. The lowest BCUT2D eigenvalue weighted by atomic mass is 10.0. The van der Waals surface area contributed by atoms with Crippen molar-refractivity contribution in [1.29, 1.82) is 5.26 Å². The SMILES string of the molecule is COc1cc2c(-c3ccc(C)nc3F)nn(Cc3ccc(C)cc3)c(=O)c2cc1OC.Cc1ccc(-c2nn(Cc3ccc(C#N)cc3)c(=O)c3cc(C)c(C)cc23)c(F)n1. The van der Waals surface area contributed by atoms with Crippen molar-refractivity contribution >= 4 is 21.5 Å². The van der Waals surface area contributed by atoms with Gasteiger partial charge in [-0.2, -0.15) is 24.2 Å². The van der Waals surface area contributed by atoms with Crippen LogP contribution in [0.15, 0.2) is 107 Å². The van der Waals surface area contributed by atoms with E-state index in [-0.39, 0.29) is 35.3 Å². The van der Waals surface area contributed by atoms with Gasteiger partial charge in [0.1, 0.15) is 11.4 Å². The second kappa shape index (κ2) is 17.3. The monoisotopic (exact) mass is 817 g/mol. The van der Waals surface area contributed by atoms with Crippen LogP contribution in [-0.4, -0.2) is 43.7 Å². The van der Waals surface area contributed by atoms with Crippen LogP contribution in [0.1, 0.15) is 44.8 Å². The molecule has 0 bridgehead atoms. The number of methoxy groups -OCH3 is 2. The Morgan fingerprint density at radius 2 is 0.984 bits per heavy atom. The normalized spacial score (nSPS) is 11.0. The first-order valence-corrected chi connectivity index (χ1v) is 19.3. The van der Waals surface area contributed by atoms with Gasteiger partial charge in [-0.1, -0.05) is 42.0 Å². The first kappa shape index (κ1) is 41.6. The molecule has 11 nitrogen and oxygen atoms in total. The maximum atomic E-state index is 14.8. The van der Waals surface area contributed by atoms with Gasteiger partial charge in [-0.25, -0.2) is 19.3 Å². The molecule has 0 N–H and O–H groups in total. The smallest absolute Gasteiger partial charge is 0.275 e. The summed E-state index contributed by atoms with van der Waals surface area (Å²) in [6, 6.07) is 30.5. The third kappa shape index (κ3) is 8.60. The Labute approximate surface area is 350 Å². The van der Waals surface area contributed by atoms with Crippen LogP contribution >= 0.6 is 0 Å². The molecule has 4 heterocycles. The van der Waals surface area contributed by atoms with E-state index in [0.717, 1.165) is 27.8 Å². The summed E-state index contributed by atoms with van der Waals surface area (Å²) in [5.41, 5.74) is 7.08. The Bertz CT molecular complexity index is 3140. The number of nitriles is 1. The van der Waals surface area contributed by atoms with E-state index in [2.05, 4.69) is 26.2 Å². The minimum Gasteiger partial charge on any atom is -0.493 e. The minimum atomic E-state index is -0.649. The predicted molar refractivity (Wildman–Crippen MR) is 231 cm³/mol. The zero-order chi connectivity index (χ0) is 43.5. The van der Waals surface area contributed by atoms with Gasteiger partial charge in [0.25, 0.3) is 11.1 Å². The van der Waals surface area contributed by atoms with Gasteiger partial charge in [0, 0.05) is 22.2 Å². The highest BCUT2D eigenvalue weighted by Gasteiger charge is 2.21. The number of pyridine rings is 2. The van der Waals surface area contributed by atoms with Crippen LogP contribution < -0.4 is 20.6 Å². The molecule has 0 atom stereocenters. The van der Waals surface area contributed by atoms with Crippen molar-refractivity contribution in [1.82, 2.24) is 29.5 Å². The molecule has 0 aliphatic carbocycles. The van der Waals surface area contributed by atoms with Crippen LogP contribution in [0.25, 0.3) is 44.1 Å². The molecule has 0 spiro atoms. The third-order valence-corrected chi connectivity index (χ3v) is 10.4. The summed E-state index contributed by atoms with van der Waals surface area (Å²) in [7, 11) is 3.00. The van der Waals surface area contributed by atoms with E-state index in [9.17, 15) is 18.4 Å². The van der Waals surface area contributed by atoms with Crippen molar-refractivity contribution in [3.05, 3.63) is 174 Å². The van der Waals surface area contributed by atoms with Gasteiger partial charge < -0.3 is 9.47 Å². The van der Waals surface area contributed by atoms with E-state index >= 15 is 0 Å². The first-order valence-electron chi connectivity index (χ1n) is 19.3. The Hall–Kier alpha value is -7.59. The number of rotatable bonds is 8. The second-order valence-electron chi connectivity index (χ2n) is 14.7. The van der Waals surface area contributed by atoms with Crippen LogP contribution in [0.4, 0.5) is 8.78 Å². The zero-order valence-electron chi connectivity index (χ0n) is 34.7. The number of hydrogen-bond donors (Lipinski definition) is 0. The molecule has 0 aliphatic heterocycles. The zero-order valence-corrected chi connectivity index (χ0v) is 34.7. The standard InChI is InChI=1S/C24H19FN4O.C24H22FN3O3/c1-14-10-20-21(11-15(14)2)24(30)29(13-18-7-5-17(12-26)6-8-18)28-22(20)19-9-4-16(3)27-23(19)25;1-14-5-8-16(9-6-14)13-28-24(29)19-12-21(31-4)20(30-3)11-18(19)22(27-28)17-10-7-15(2)26-23(17)25/h4-11H,13H2,1-3H3;5-12H,13H2,1-4H3. The second-order valence-corrected chi connectivity index (χ2v) is 14.7. The molecule has 306 valence electrons. The van der Waals surface area contributed by atoms with Crippen LogP contribution in [-0.2, 0) is 13.1 Å². The minimum absolute atomic E-state index is 0.209. The number of aryl methyl sites for hydroxylation is 5. The number of halogens is 2. The topological polar surface area (TPSA) is 138 Å². The molecule has 8 rings (SSSR count). The lowest BCUT2D eigenvalue weighted by molar-refractivity contribution is 0.356. The molecule has 0 saturated carbocycles. The molecule has 0 aliphatic rings. The van der Waals surface area contributed by atoms with Gasteiger partial charge in [-0.3, -0.25) is 9.59 Å². The highest BCUT2D eigenvalue weighted by Crippen LogP contribution is 2.35. The largest absolute Gasteiger partial charge is 0.493 e. The fraction of sp³-hybridized carbons (Fsp3) is 0.188. The van der Waals surface area contributed by atoms with Gasteiger partial charge in [-0.05, 0) is 118 Å². The Morgan fingerprint density at radius 3 is 1.43 bits per heavy atom. The van der Waals surface area contributed by atoms with Gasteiger partial charge >= 0.3 is 0 Å². The number of benzene rings is 4. The Kier molecular flexibility index (Phi) is 11.8. The molecule has 0 fully saturated rings. The highest BCUT2D eigenvalue weighted by molar-refractivity contribution is 5.96. The van der Waals surface area contributed by atoms with E-state index < -0.39 is 11.9 Å². The lowest BCUT2D eigenvalue weighted by Gasteiger charge is -2.15. The van der Waals surface area contributed by atoms with E-state index in [1.165, 1.54) is 23.6 Å². The molecular weight excluding hydrogens is 777 g/mol. The summed E-state index contributed by atoms with van der Waals surface area (Å²) in [4.78, 5) is 34.3. The Balaban J connectivity index is 0.000000184. The Morgan fingerprint density at radius 1 is 0.574 bits per heavy atom. The van der Waals surface area contributed by atoms with Crippen LogP contribution in [0.2, 0.25) is 0 Å². The van der Waals surface area contributed by atoms with Crippen molar-refractivity contribution in [3.8, 4) is 40.1 Å². The van der Waals surface area contributed by atoms with Crippen LogP contribution in [0.3, 0.4) is 0 Å². The van der Waals surface area contributed by atoms with Crippen molar-refractivity contribution in [2.24, 2.45) is 0 Å². The number of nitrogens with zero attached hydrogens (tertiary/aromatic N) is 7. The summed E-state index contributed by atoms with van der Waals surface area (Å²) >= 11 is 0. The molecule has 4 aromatic heterocycles.